The van der Waals surface area contributed by atoms with Crippen molar-refractivity contribution in [1.82, 2.24) is 4.90 Å². The van der Waals surface area contributed by atoms with Gasteiger partial charge in [-0.05, 0) is 13.8 Å². The summed E-state index contributed by atoms with van der Waals surface area (Å²) >= 11 is -1.56. The van der Waals surface area contributed by atoms with Crippen molar-refractivity contribution in [2.24, 2.45) is 0 Å². The van der Waals surface area contributed by atoms with Gasteiger partial charge >= 0.3 is 5.24 Å². The molecule has 12 heavy (non-hydrogen) atoms. The molecule has 1 atom stereocenters. The number of hydrogen-bond donors (Lipinski definition) is 1. The smallest absolute Gasteiger partial charge is 0.429 e. The lowest BCUT2D eigenvalue weighted by Crippen LogP contribution is -2.36. The normalized spacial score (nSPS) is 12.7. The number of carbonyl (C=O) groups is 1. The second-order valence-electron chi connectivity index (χ2n) is 2.21. The quantitative estimate of drug-likeness (QED) is 0.648. The molecule has 4 nitrogen and oxygen atoms in total. The minimum Gasteiger partial charge on any atom is -0.608 e. The van der Waals surface area contributed by atoms with Crippen molar-refractivity contribution >= 4 is 16.4 Å². The molecule has 0 aliphatic rings. The molecule has 0 rings (SSSR count). The van der Waals surface area contributed by atoms with Gasteiger partial charge in [0.25, 0.3) is 0 Å². The van der Waals surface area contributed by atoms with E-state index in [1.807, 2.05) is 13.8 Å². The molecule has 1 amide bonds. The maximum Gasteiger partial charge on any atom is 0.429 e. The van der Waals surface area contributed by atoms with Gasteiger partial charge in [-0.1, -0.05) is 0 Å². The van der Waals surface area contributed by atoms with Crippen LogP contribution in [-0.4, -0.2) is 45.2 Å². The van der Waals surface area contributed by atoms with Gasteiger partial charge in [0.2, 0.25) is 0 Å². The molecule has 0 spiro atoms. The molecule has 0 aromatic carbocycles. The summed E-state index contributed by atoms with van der Waals surface area (Å²) in [6.45, 7) is 4.58. The average molecular weight is 193 g/mol. The van der Waals surface area contributed by atoms with E-state index in [0.29, 0.717) is 13.1 Å². The Bertz CT molecular complexity index is 139. The van der Waals surface area contributed by atoms with E-state index in [2.05, 4.69) is 0 Å². The third kappa shape index (κ3) is 3.42. The van der Waals surface area contributed by atoms with E-state index in [1.165, 1.54) is 4.90 Å². The van der Waals surface area contributed by atoms with Gasteiger partial charge in [-0.15, -0.1) is 0 Å². The van der Waals surface area contributed by atoms with Crippen LogP contribution in [0, 0.1) is 0 Å². The van der Waals surface area contributed by atoms with Gasteiger partial charge in [0.15, 0.2) is 0 Å². The SMILES string of the molecule is CCN(CC)C(=O)[S+]([O-])CCO. The fourth-order valence-electron chi connectivity index (χ4n) is 0.796. The Morgan fingerprint density at radius 1 is 1.50 bits per heavy atom. The summed E-state index contributed by atoms with van der Waals surface area (Å²) in [7, 11) is 0. The first-order valence-corrected chi connectivity index (χ1v) is 5.27. The predicted octanol–water partition coefficient (Wildman–Crippen LogP) is 0.189. The van der Waals surface area contributed by atoms with E-state index in [4.69, 9.17) is 5.11 Å². The van der Waals surface area contributed by atoms with Crippen LogP contribution >= 0.6 is 0 Å². The summed E-state index contributed by atoms with van der Waals surface area (Å²) in [5.41, 5.74) is 0. The zero-order valence-corrected chi connectivity index (χ0v) is 8.26. The summed E-state index contributed by atoms with van der Waals surface area (Å²) in [5, 5.41) is 8.07. The Morgan fingerprint density at radius 2 is 2.00 bits per heavy atom. The second kappa shape index (κ2) is 6.28. The van der Waals surface area contributed by atoms with Crippen LogP contribution in [0.15, 0.2) is 0 Å². The molecule has 0 aromatic rings. The molecule has 5 heteroatoms. The first-order chi connectivity index (χ1) is 5.67. The van der Waals surface area contributed by atoms with Crippen molar-refractivity contribution < 1.29 is 14.5 Å². The standard InChI is InChI=1S/C7H15NO3S/c1-3-8(4-2)7(10)12(11)6-5-9/h9H,3-6H2,1-2H3. The van der Waals surface area contributed by atoms with Gasteiger partial charge in [0.05, 0.1) is 6.61 Å². The summed E-state index contributed by atoms with van der Waals surface area (Å²) in [6, 6.07) is 0. The van der Waals surface area contributed by atoms with Crippen LogP contribution in [0.4, 0.5) is 4.79 Å². The van der Waals surface area contributed by atoms with Crippen LogP contribution in [0.1, 0.15) is 13.8 Å². The van der Waals surface area contributed by atoms with Crippen molar-refractivity contribution in [1.29, 1.82) is 0 Å². The molecule has 0 saturated carbocycles. The van der Waals surface area contributed by atoms with Gasteiger partial charge in [0.1, 0.15) is 5.75 Å². The number of hydrogen-bond acceptors (Lipinski definition) is 3. The summed E-state index contributed by atoms with van der Waals surface area (Å²) in [5.74, 6) is 0.0370. The fraction of sp³-hybridized carbons (Fsp3) is 0.857. The van der Waals surface area contributed by atoms with Crippen LogP contribution in [0.2, 0.25) is 0 Å². The molecule has 0 aliphatic heterocycles. The number of nitrogens with zero attached hydrogens (tertiary/aromatic N) is 1. The highest BCUT2D eigenvalue weighted by atomic mass is 32.2. The largest absolute Gasteiger partial charge is 0.608 e. The first-order valence-electron chi connectivity index (χ1n) is 3.95. The minimum atomic E-state index is -1.56. The van der Waals surface area contributed by atoms with Crippen molar-refractivity contribution in [3.63, 3.8) is 0 Å². The third-order valence-corrected chi connectivity index (χ3v) is 2.69. The van der Waals surface area contributed by atoms with E-state index >= 15 is 0 Å². The van der Waals surface area contributed by atoms with E-state index in [9.17, 15) is 9.35 Å². The lowest BCUT2D eigenvalue weighted by molar-refractivity contribution is 0.225. The van der Waals surface area contributed by atoms with Gasteiger partial charge < -0.3 is 9.66 Å². The Hall–Kier alpha value is -0.260. The second-order valence-corrected chi connectivity index (χ2v) is 3.66. The van der Waals surface area contributed by atoms with Gasteiger partial charge in [-0.2, -0.15) is 0 Å². The zero-order chi connectivity index (χ0) is 9.56. The molecule has 0 heterocycles. The first kappa shape index (κ1) is 11.7. The van der Waals surface area contributed by atoms with Crippen LogP contribution in [-0.2, 0) is 11.2 Å². The average Bonchev–Trinajstić information content (AvgIpc) is 2.07. The molecule has 0 aliphatic carbocycles. The lowest BCUT2D eigenvalue weighted by Gasteiger charge is -2.18. The molecule has 0 aromatic heterocycles. The highest BCUT2D eigenvalue weighted by molar-refractivity contribution is 8.05. The molecule has 0 fully saturated rings. The lowest BCUT2D eigenvalue weighted by atomic mass is 10.6. The van der Waals surface area contributed by atoms with Crippen molar-refractivity contribution in [2.45, 2.75) is 13.8 Å². The zero-order valence-electron chi connectivity index (χ0n) is 7.45. The fourth-order valence-corrected chi connectivity index (χ4v) is 1.68. The van der Waals surface area contributed by atoms with Crippen LogP contribution in [0.25, 0.3) is 0 Å². The maximum atomic E-state index is 11.2. The molecule has 72 valence electrons. The topological polar surface area (TPSA) is 63.6 Å². The maximum absolute atomic E-state index is 11.2. The Kier molecular flexibility index (Phi) is 6.14. The Morgan fingerprint density at radius 3 is 2.33 bits per heavy atom. The molecule has 0 bridgehead atoms. The van der Waals surface area contributed by atoms with E-state index in [0.717, 1.165) is 0 Å². The molecule has 0 saturated heterocycles. The number of rotatable bonds is 4. The molecule has 1 unspecified atom stereocenters. The van der Waals surface area contributed by atoms with Gasteiger partial charge in [-0.25, -0.2) is 4.79 Å². The van der Waals surface area contributed by atoms with E-state index in [1.54, 1.807) is 0 Å². The van der Waals surface area contributed by atoms with E-state index < -0.39 is 11.2 Å². The van der Waals surface area contributed by atoms with Crippen LogP contribution < -0.4 is 0 Å². The summed E-state index contributed by atoms with van der Waals surface area (Å²) < 4.78 is 11.1. The molecule has 0 radical (unpaired) electrons. The predicted molar refractivity (Wildman–Crippen MR) is 48.4 cm³/mol. The Balaban J connectivity index is 3.97. The number of aliphatic hydroxyl groups is 1. The molecule has 1 N–H and O–H groups in total. The summed E-state index contributed by atoms with van der Waals surface area (Å²) in [6.07, 6.45) is 0. The highest BCUT2D eigenvalue weighted by Crippen LogP contribution is 2.00. The highest BCUT2D eigenvalue weighted by Gasteiger charge is 2.23. The van der Waals surface area contributed by atoms with E-state index in [-0.39, 0.29) is 17.6 Å². The monoisotopic (exact) mass is 193 g/mol. The van der Waals surface area contributed by atoms with Crippen LogP contribution in [0.3, 0.4) is 0 Å². The van der Waals surface area contributed by atoms with Crippen LogP contribution in [0.5, 0.6) is 0 Å². The summed E-state index contributed by atoms with van der Waals surface area (Å²) in [4.78, 5) is 12.7. The minimum absolute atomic E-state index is 0.0370. The van der Waals surface area contributed by atoms with Crippen molar-refractivity contribution in [2.75, 3.05) is 25.4 Å². The van der Waals surface area contributed by atoms with Crippen molar-refractivity contribution in [3.05, 3.63) is 0 Å². The Labute approximate surface area is 75.7 Å². The molecular weight excluding hydrogens is 178 g/mol. The van der Waals surface area contributed by atoms with Gasteiger partial charge in [0, 0.05) is 24.3 Å². The molecular formula is C7H15NO3S. The third-order valence-electron chi connectivity index (χ3n) is 1.49. The van der Waals surface area contributed by atoms with Gasteiger partial charge in [-0.3, -0.25) is 4.90 Å². The number of aliphatic hydroxyl groups excluding tert-OH is 1. The number of carbonyl (C=O) groups excluding carboxylic acids is 1. The van der Waals surface area contributed by atoms with Crippen molar-refractivity contribution in [3.8, 4) is 0 Å². The number of amides is 1.